The number of nitrogens with two attached hydrogens (primary N) is 1. The Balaban J connectivity index is 1.94. The number of hydrogen-bond acceptors (Lipinski definition) is 2. The summed E-state index contributed by atoms with van der Waals surface area (Å²) in [5.74, 6) is 6.81. The molecule has 0 heterocycles. The fraction of sp³-hybridized carbons (Fsp3) is 0.385. The average molecular weight is 203 g/mol. The summed E-state index contributed by atoms with van der Waals surface area (Å²) in [5, 5.41) is 0. The van der Waals surface area contributed by atoms with Crippen molar-refractivity contribution in [1.29, 1.82) is 0 Å². The smallest absolute Gasteiger partial charge is 0.120 e. The number of allylic oxidation sites excluding steroid dienone is 2. The highest BCUT2D eigenvalue weighted by atomic mass is 16.6. The normalized spacial score (nSPS) is 20.9. The van der Waals surface area contributed by atoms with E-state index in [4.69, 9.17) is 10.7 Å². The van der Waals surface area contributed by atoms with Crippen molar-refractivity contribution in [3.63, 3.8) is 0 Å². The van der Waals surface area contributed by atoms with E-state index in [1.54, 1.807) is 0 Å². The van der Waals surface area contributed by atoms with Crippen LogP contribution in [0.25, 0.3) is 0 Å². The first-order valence-corrected chi connectivity index (χ1v) is 5.48. The van der Waals surface area contributed by atoms with Gasteiger partial charge in [0.25, 0.3) is 0 Å². The minimum Gasteiger partial charge on any atom is -0.416 e. The van der Waals surface area contributed by atoms with Crippen LogP contribution in [0, 0.1) is 5.92 Å². The Bertz CT molecular complexity index is 332. The fourth-order valence-electron chi connectivity index (χ4n) is 2.17. The Morgan fingerprint density at radius 3 is 2.80 bits per heavy atom. The molecule has 2 N–H and O–H groups in total. The van der Waals surface area contributed by atoms with Crippen LogP contribution in [0.5, 0.6) is 0 Å². The summed E-state index contributed by atoms with van der Waals surface area (Å²) in [4.78, 5) is 4.82. The molecule has 80 valence electrons. The van der Waals surface area contributed by atoms with E-state index in [0.717, 1.165) is 25.0 Å². The topological polar surface area (TPSA) is 35.2 Å². The second kappa shape index (κ2) is 4.99. The predicted molar refractivity (Wildman–Crippen MR) is 60.8 cm³/mol. The van der Waals surface area contributed by atoms with E-state index in [1.807, 2.05) is 0 Å². The van der Waals surface area contributed by atoms with E-state index in [0.29, 0.717) is 5.92 Å². The summed E-state index contributed by atoms with van der Waals surface area (Å²) in [7, 11) is 0. The van der Waals surface area contributed by atoms with Gasteiger partial charge in [-0.15, -0.1) is 0 Å². The van der Waals surface area contributed by atoms with Crippen molar-refractivity contribution in [3.8, 4) is 0 Å². The maximum Gasteiger partial charge on any atom is 0.120 e. The molecule has 0 amide bonds. The minimum atomic E-state index is 0.677. The lowest BCUT2D eigenvalue weighted by Gasteiger charge is -2.21. The fourth-order valence-corrected chi connectivity index (χ4v) is 2.17. The molecule has 0 radical (unpaired) electrons. The van der Waals surface area contributed by atoms with E-state index in [1.165, 1.54) is 12.0 Å². The van der Waals surface area contributed by atoms with Gasteiger partial charge in [0.15, 0.2) is 0 Å². The minimum absolute atomic E-state index is 0.677. The molecule has 1 aromatic carbocycles. The molecule has 0 aliphatic heterocycles. The van der Waals surface area contributed by atoms with Crippen molar-refractivity contribution in [2.45, 2.75) is 25.7 Å². The lowest BCUT2D eigenvalue weighted by molar-refractivity contribution is 0.187. The van der Waals surface area contributed by atoms with Gasteiger partial charge in [-0.3, -0.25) is 0 Å². The zero-order valence-electron chi connectivity index (χ0n) is 8.86. The summed E-state index contributed by atoms with van der Waals surface area (Å²) in [5.41, 5.74) is 1.40. The Morgan fingerprint density at radius 1 is 1.27 bits per heavy atom. The van der Waals surface area contributed by atoms with Crippen molar-refractivity contribution < 1.29 is 4.84 Å². The molecule has 0 fully saturated rings. The first-order chi connectivity index (χ1) is 7.38. The quantitative estimate of drug-likeness (QED) is 0.767. The van der Waals surface area contributed by atoms with Gasteiger partial charge in [0.2, 0.25) is 0 Å². The monoisotopic (exact) mass is 203 g/mol. The Kier molecular flexibility index (Phi) is 3.41. The second-order valence-electron chi connectivity index (χ2n) is 4.13. The molecule has 1 aliphatic carbocycles. The van der Waals surface area contributed by atoms with Crippen molar-refractivity contribution in [2.24, 2.45) is 11.8 Å². The summed E-state index contributed by atoms with van der Waals surface area (Å²) < 4.78 is 0. The van der Waals surface area contributed by atoms with Crippen LogP contribution in [0.15, 0.2) is 42.2 Å². The SMILES string of the molecule is NOC1=CCCC(Cc2ccccc2)C1. The van der Waals surface area contributed by atoms with Crippen molar-refractivity contribution in [1.82, 2.24) is 0 Å². The number of rotatable bonds is 3. The molecule has 0 saturated heterocycles. The molecule has 1 unspecified atom stereocenters. The highest BCUT2D eigenvalue weighted by Crippen LogP contribution is 2.26. The molecule has 2 rings (SSSR count). The van der Waals surface area contributed by atoms with Crippen molar-refractivity contribution >= 4 is 0 Å². The Labute approximate surface area is 90.7 Å². The molecule has 0 spiro atoms. The Morgan fingerprint density at radius 2 is 2.07 bits per heavy atom. The molecule has 0 saturated carbocycles. The summed E-state index contributed by atoms with van der Waals surface area (Å²) >= 11 is 0. The van der Waals surface area contributed by atoms with Gasteiger partial charge in [-0.1, -0.05) is 30.3 Å². The van der Waals surface area contributed by atoms with E-state index < -0.39 is 0 Å². The van der Waals surface area contributed by atoms with Gasteiger partial charge in [0, 0.05) is 6.42 Å². The van der Waals surface area contributed by atoms with E-state index in [2.05, 4.69) is 36.4 Å². The van der Waals surface area contributed by atoms with E-state index >= 15 is 0 Å². The average Bonchev–Trinajstić information content (AvgIpc) is 2.31. The molecule has 2 nitrogen and oxygen atoms in total. The van der Waals surface area contributed by atoms with Crippen LogP contribution in [-0.4, -0.2) is 0 Å². The third-order valence-corrected chi connectivity index (χ3v) is 2.96. The first kappa shape index (κ1) is 10.2. The molecule has 0 bridgehead atoms. The highest BCUT2D eigenvalue weighted by Gasteiger charge is 2.16. The van der Waals surface area contributed by atoms with Crippen LogP contribution in [0.1, 0.15) is 24.8 Å². The summed E-state index contributed by atoms with van der Waals surface area (Å²) in [6.45, 7) is 0. The zero-order chi connectivity index (χ0) is 10.5. The van der Waals surface area contributed by atoms with Gasteiger partial charge >= 0.3 is 0 Å². The summed E-state index contributed by atoms with van der Waals surface area (Å²) in [6.07, 6.45) is 6.53. The van der Waals surface area contributed by atoms with Crippen molar-refractivity contribution in [3.05, 3.63) is 47.7 Å². The molecule has 2 heteroatoms. The maximum atomic E-state index is 5.19. The number of hydrogen-bond donors (Lipinski definition) is 1. The molecule has 1 atom stereocenters. The standard InChI is InChI=1S/C13H17NO/c14-15-13-8-4-7-12(10-13)9-11-5-2-1-3-6-11/h1-3,5-6,8,12H,4,7,9-10,14H2. The van der Waals surface area contributed by atoms with Crippen LogP contribution < -0.4 is 5.90 Å². The van der Waals surface area contributed by atoms with Gasteiger partial charge in [0.05, 0.1) is 0 Å². The van der Waals surface area contributed by atoms with Crippen molar-refractivity contribution in [2.75, 3.05) is 0 Å². The molecule has 1 aliphatic rings. The van der Waals surface area contributed by atoms with Crippen LogP contribution >= 0.6 is 0 Å². The maximum absolute atomic E-state index is 5.19. The lowest BCUT2D eigenvalue weighted by atomic mass is 9.88. The summed E-state index contributed by atoms with van der Waals surface area (Å²) in [6, 6.07) is 10.6. The highest BCUT2D eigenvalue weighted by molar-refractivity contribution is 5.16. The van der Waals surface area contributed by atoms with Crippen LogP contribution in [-0.2, 0) is 11.3 Å². The predicted octanol–water partition coefficient (Wildman–Crippen LogP) is 2.80. The van der Waals surface area contributed by atoms with E-state index in [9.17, 15) is 0 Å². The lowest BCUT2D eigenvalue weighted by Crippen LogP contribution is -2.13. The number of benzene rings is 1. The zero-order valence-corrected chi connectivity index (χ0v) is 8.86. The largest absolute Gasteiger partial charge is 0.416 e. The van der Waals surface area contributed by atoms with Crippen LogP contribution in [0.2, 0.25) is 0 Å². The second-order valence-corrected chi connectivity index (χ2v) is 4.13. The van der Waals surface area contributed by atoms with Gasteiger partial charge < -0.3 is 4.84 Å². The van der Waals surface area contributed by atoms with E-state index in [-0.39, 0.29) is 0 Å². The third-order valence-electron chi connectivity index (χ3n) is 2.96. The van der Waals surface area contributed by atoms with Gasteiger partial charge in [-0.2, -0.15) is 5.90 Å². The van der Waals surface area contributed by atoms with Crippen LogP contribution in [0.4, 0.5) is 0 Å². The van der Waals surface area contributed by atoms with Gasteiger partial charge in [-0.25, -0.2) is 0 Å². The van der Waals surface area contributed by atoms with Gasteiger partial charge in [-0.05, 0) is 36.8 Å². The molecule has 15 heavy (non-hydrogen) atoms. The first-order valence-electron chi connectivity index (χ1n) is 5.48. The molecular formula is C13H17NO. The van der Waals surface area contributed by atoms with Gasteiger partial charge in [0.1, 0.15) is 5.76 Å². The molecular weight excluding hydrogens is 186 g/mol. The van der Waals surface area contributed by atoms with Crippen LogP contribution in [0.3, 0.4) is 0 Å². The Hall–Kier alpha value is -1.28. The molecule has 0 aromatic heterocycles. The molecule has 1 aromatic rings. The third kappa shape index (κ3) is 2.83.